The number of halogens is 7. The van der Waals surface area contributed by atoms with Gasteiger partial charge in [-0.25, -0.2) is 14.2 Å². The van der Waals surface area contributed by atoms with Crippen LogP contribution in [0.25, 0.3) is 28.7 Å². The Hall–Kier alpha value is -4.28. The SMILES string of the molecule is O=C([O-])CCOC(=O)C(c1ccc(-c2ccc(C(F)(F)F)cc2C(F)(F)F)nn1)N1C=Cc2[nH]c(-c3ccccc3F)nc2C1.[Na+]. The van der Waals surface area contributed by atoms with Crippen molar-refractivity contribution in [1.82, 2.24) is 25.1 Å². The Bertz CT molecular complexity index is 1780. The molecule has 2 aromatic carbocycles. The molecular weight excluding hydrogens is 638 g/mol. The van der Waals surface area contributed by atoms with E-state index >= 15 is 0 Å². The second kappa shape index (κ2) is 13.6. The fourth-order valence-corrected chi connectivity index (χ4v) is 4.59. The first-order chi connectivity index (χ1) is 21.2. The summed E-state index contributed by atoms with van der Waals surface area (Å²) in [7, 11) is 0. The first kappa shape index (κ1) is 34.6. The first-order valence-electron chi connectivity index (χ1n) is 13.0. The second-order valence-corrected chi connectivity index (χ2v) is 9.71. The number of carbonyl (C=O) groups excluding carboxylic acids is 2. The molecule has 0 bridgehead atoms. The molecule has 0 radical (unpaired) electrons. The van der Waals surface area contributed by atoms with E-state index in [2.05, 4.69) is 20.2 Å². The number of aromatic nitrogens is 4. The Morgan fingerprint density at radius 2 is 1.72 bits per heavy atom. The molecule has 1 unspecified atom stereocenters. The van der Waals surface area contributed by atoms with E-state index in [1.54, 1.807) is 6.07 Å². The number of rotatable bonds is 8. The van der Waals surface area contributed by atoms with Crippen LogP contribution in [0.2, 0.25) is 0 Å². The summed E-state index contributed by atoms with van der Waals surface area (Å²) in [6.07, 6.45) is -7.84. The average molecular weight is 657 g/mol. The van der Waals surface area contributed by atoms with Crippen molar-refractivity contribution in [1.29, 1.82) is 0 Å². The van der Waals surface area contributed by atoms with Crippen molar-refractivity contribution in [2.75, 3.05) is 6.61 Å². The standard InChI is InChI=1S/C29H20F7N5O4.Na/c30-19-4-2-1-3-17(19)26-37-21-9-11-41(14-23(21)38-26)25(27(44)45-12-10-24(42)43)22-8-7-20(39-40-22)16-6-5-15(28(31,32)33)13-18(16)29(34,35)36;/h1-9,11,13,25H,10,12,14H2,(H,37,38)(H,42,43);/q;+1/p-1. The number of nitrogens with one attached hydrogen (secondary N) is 1. The van der Waals surface area contributed by atoms with Crippen molar-refractivity contribution in [3.63, 3.8) is 0 Å². The Morgan fingerprint density at radius 3 is 2.35 bits per heavy atom. The molecule has 0 saturated carbocycles. The van der Waals surface area contributed by atoms with Gasteiger partial charge in [0.1, 0.15) is 11.6 Å². The van der Waals surface area contributed by atoms with Crippen molar-refractivity contribution in [3.8, 4) is 22.6 Å². The molecule has 1 aliphatic rings. The van der Waals surface area contributed by atoms with Gasteiger partial charge in [0.25, 0.3) is 0 Å². The van der Waals surface area contributed by atoms with Crippen LogP contribution in [0.1, 0.15) is 40.7 Å². The molecule has 5 rings (SSSR count). The molecule has 1 N–H and O–H groups in total. The number of hydrogen-bond donors (Lipinski definition) is 1. The van der Waals surface area contributed by atoms with E-state index in [0.29, 0.717) is 23.5 Å². The molecule has 0 saturated heterocycles. The molecule has 0 spiro atoms. The number of fused-ring (bicyclic) bond motifs is 1. The molecule has 0 aliphatic carbocycles. The van der Waals surface area contributed by atoms with E-state index in [9.17, 15) is 45.4 Å². The van der Waals surface area contributed by atoms with Crippen LogP contribution in [0.5, 0.6) is 0 Å². The van der Waals surface area contributed by atoms with Gasteiger partial charge in [-0.3, -0.25) is 0 Å². The number of hydrogen-bond acceptors (Lipinski definition) is 8. The van der Waals surface area contributed by atoms with Gasteiger partial charge in [0, 0.05) is 24.2 Å². The maximum atomic E-state index is 14.3. The van der Waals surface area contributed by atoms with E-state index in [0.717, 1.165) is 12.1 Å². The van der Waals surface area contributed by atoms with Crippen molar-refractivity contribution in [3.05, 3.63) is 94.8 Å². The number of esters is 1. The Labute approximate surface area is 277 Å². The van der Waals surface area contributed by atoms with Crippen molar-refractivity contribution < 1.29 is 79.7 Å². The predicted octanol–water partition coefficient (Wildman–Crippen LogP) is 1.93. The summed E-state index contributed by atoms with van der Waals surface area (Å²) in [6, 6.07) is 7.74. The van der Waals surface area contributed by atoms with E-state index < -0.39 is 71.6 Å². The number of alkyl halides is 6. The average Bonchev–Trinajstić information content (AvgIpc) is 3.40. The third kappa shape index (κ3) is 7.57. The monoisotopic (exact) mass is 657 g/mol. The number of ether oxygens (including phenoxy) is 1. The number of benzene rings is 2. The van der Waals surface area contributed by atoms with Crippen LogP contribution < -0.4 is 34.7 Å². The van der Waals surface area contributed by atoms with Crippen LogP contribution in [0, 0.1) is 5.82 Å². The molecule has 46 heavy (non-hydrogen) atoms. The van der Waals surface area contributed by atoms with Gasteiger partial charge < -0.3 is 24.5 Å². The molecule has 1 atom stereocenters. The normalized spacial score (nSPS) is 13.5. The van der Waals surface area contributed by atoms with Gasteiger partial charge in [0.15, 0.2) is 6.04 Å². The van der Waals surface area contributed by atoms with Gasteiger partial charge in [-0.1, -0.05) is 18.2 Å². The van der Waals surface area contributed by atoms with Crippen LogP contribution in [0.4, 0.5) is 30.7 Å². The predicted molar refractivity (Wildman–Crippen MR) is 139 cm³/mol. The number of imidazole rings is 1. The smallest absolute Gasteiger partial charge is 0.550 e. The number of aromatic amines is 1. The van der Waals surface area contributed by atoms with E-state index in [1.807, 2.05) is 0 Å². The molecule has 0 fully saturated rings. The fourth-order valence-electron chi connectivity index (χ4n) is 4.59. The zero-order valence-corrected chi connectivity index (χ0v) is 25.6. The number of carboxylic acids is 1. The third-order valence-electron chi connectivity index (χ3n) is 6.70. The molecule has 234 valence electrons. The van der Waals surface area contributed by atoms with E-state index in [-0.39, 0.29) is 59.3 Å². The molecule has 17 heteroatoms. The molecule has 4 aromatic rings. The van der Waals surface area contributed by atoms with Crippen molar-refractivity contribution >= 4 is 18.0 Å². The number of H-pyrrole nitrogens is 1. The number of carbonyl (C=O) groups is 2. The van der Waals surface area contributed by atoms with Crippen LogP contribution in [-0.4, -0.2) is 43.6 Å². The molecule has 1 aliphatic heterocycles. The summed E-state index contributed by atoms with van der Waals surface area (Å²) in [5.41, 5.74) is -3.28. The van der Waals surface area contributed by atoms with Crippen LogP contribution in [0.3, 0.4) is 0 Å². The maximum absolute atomic E-state index is 14.3. The third-order valence-corrected chi connectivity index (χ3v) is 6.70. The summed E-state index contributed by atoms with van der Waals surface area (Å²) < 4.78 is 99.9. The quantitative estimate of drug-likeness (QED) is 0.173. The minimum atomic E-state index is -5.16. The van der Waals surface area contributed by atoms with Crippen molar-refractivity contribution in [2.24, 2.45) is 0 Å². The van der Waals surface area contributed by atoms with Gasteiger partial charge in [0.2, 0.25) is 0 Å². The largest absolute Gasteiger partial charge is 1.00 e. The molecule has 3 heterocycles. The molecule has 0 amide bonds. The summed E-state index contributed by atoms with van der Waals surface area (Å²) in [4.78, 5) is 32.8. The Morgan fingerprint density at radius 1 is 0.978 bits per heavy atom. The number of nitrogens with zero attached hydrogens (tertiary/aromatic N) is 4. The fraction of sp³-hybridized carbons (Fsp3) is 0.207. The molecule has 2 aromatic heterocycles. The van der Waals surface area contributed by atoms with E-state index in [4.69, 9.17) is 4.74 Å². The molecule has 9 nitrogen and oxygen atoms in total. The van der Waals surface area contributed by atoms with Gasteiger partial charge in [-0.05, 0) is 42.5 Å². The van der Waals surface area contributed by atoms with E-state index in [1.165, 1.54) is 35.4 Å². The Balaban J connectivity index is 0.00000480. The zero-order valence-electron chi connectivity index (χ0n) is 23.6. The summed E-state index contributed by atoms with van der Waals surface area (Å²) >= 11 is 0. The second-order valence-electron chi connectivity index (χ2n) is 9.71. The molecular formula is C29H19F7N5NaO4. The minimum Gasteiger partial charge on any atom is -0.550 e. The van der Waals surface area contributed by atoms with Gasteiger partial charge in [-0.15, -0.1) is 0 Å². The van der Waals surface area contributed by atoms with Crippen molar-refractivity contribution in [2.45, 2.75) is 31.4 Å². The summed E-state index contributed by atoms with van der Waals surface area (Å²) in [5, 5.41) is 18.5. The topological polar surface area (TPSA) is 124 Å². The number of carboxylic acid groups (broad SMARTS) is 1. The zero-order chi connectivity index (χ0) is 32.5. The van der Waals surface area contributed by atoms with Gasteiger partial charge in [0.05, 0.1) is 52.6 Å². The summed E-state index contributed by atoms with van der Waals surface area (Å²) in [6.45, 7) is -0.635. The van der Waals surface area contributed by atoms with Crippen LogP contribution in [0.15, 0.2) is 60.8 Å². The van der Waals surface area contributed by atoms with Crippen LogP contribution >= 0.6 is 0 Å². The Kier molecular flexibility index (Phi) is 10.2. The van der Waals surface area contributed by atoms with Gasteiger partial charge in [-0.2, -0.15) is 36.5 Å². The van der Waals surface area contributed by atoms with Gasteiger partial charge >= 0.3 is 47.9 Å². The first-order valence-corrected chi connectivity index (χ1v) is 13.0. The summed E-state index contributed by atoms with van der Waals surface area (Å²) in [5.74, 6) is -2.81. The van der Waals surface area contributed by atoms with Crippen LogP contribution in [-0.2, 0) is 33.2 Å². The number of aliphatic carboxylic acids is 1. The minimum absolute atomic E-state index is 0. The maximum Gasteiger partial charge on any atom is 1.00 e.